The summed E-state index contributed by atoms with van der Waals surface area (Å²) >= 11 is 0. The molecule has 1 amide bonds. The van der Waals surface area contributed by atoms with Gasteiger partial charge in [0.1, 0.15) is 0 Å². The highest BCUT2D eigenvalue weighted by molar-refractivity contribution is 6.04. The number of amides is 1. The highest BCUT2D eigenvalue weighted by Gasteiger charge is 2.12. The van der Waals surface area contributed by atoms with E-state index in [1.807, 2.05) is 25.1 Å². The van der Waals surface area contributed by atoms with Crippen LogP contribution < -0.4 is 5.32 Å². The van der Waals surface area contributed by atoms with Crippen molar-refractivity contribution in [2.24, 2.45) is 0 Å². The van der Waals surface area contributed by atoms with E-state index in [2.05, 4.69) is 10.3 Å². The van der Waals surface area contributed by atoms with E-state index in [0.29, 0.717) is 11.3 Å². The molecule has 0 atom stereocenters. The van der Waals surface area contributed by atoms with E-state index in [1.165, 1.54) is 19.4 Å². The fraction of sp³-hybridized carbons (Fsp3) is 0.0952. The van der Waals surface area contributed by atoms with Crippen molar-refractivity contribution in [3.05, 3.63) is 83.4 Å². The van der Waals surface area contributed by atoms with E-state index in [4.69, 9.17) is 4.74 Å². The molecule has 1 aromatic heterocycles. The molecule has 2 aromatic carbocycles. The van der Waals surface area contributed by atoms with Gasteiger partial charge >= 0.3 is 5.97 Å². The third-order valence-corrected chi connectivity index (χ3v) is 4.13. The lowest BCUT2D eigenvalue weighted by atomic mass is 9.98. The lowest BCUT2D eigenvalue weighted by molar-refractivity contribution is 0.0600. The van der Waals surface area contributed by atoms with Gasteiger partial charge in [0.05, 0.1) is 24.4 Å². The Morgan fingerprint density at radius 3 is 2.48 bits per heavy atom. The third-order valence-electron chi connectivity index (χ3n) is 4.13. The van der Waals surface area contributed by atoms with Crippen LogP contribution in [0.2, 0.25) is 0 Å². The van der Waals surface area contributed by atoms with Crippen LogP contribution in [-0.4, -0.2) is 24.0 Å². The predicted molar refractivity (Wildman–Crippen MR) is 100 cm³/mol. The zero-order valence-electron chi connectivity index (χ0n) is 14.8. The van der Waals surface area contributed by atoms with Crippen LogP contribution in [0.25, 0.3) is 11.1 Å². The van der Waals surface area contributed by atoms with Crippen molar-refractivity contribution in [2.45, 2.75) is 6.92 Å². The van der Waals surface area contributed by atoms with Crippen molar-refractivity contribution in [2.75, 3.05) is 12.4 Å². The average molecular weight is 364 g/mol. The fourth-order valence-corrected chi connectivity index (χ4v) is 2.67. The van der Waals surface area contributed by atoms with Crippen molar-refractivity contribution in [1.82, 2.24) is 4.98 Å². The molecule has 0 aliphatic heterocycles. The molecule has 5 nitrogen and oxygen atoms in total. The van der Waals surface area contributed by atoms with Crippen molar-refractivity contribution in [3.8, 4) is 11.1 Å². The van der Waals surface area contributed by atoms with E-state index in [9.17, 15) is 14.0 Å². The van der Waals surface area contributed by atoms with Gasteiger partial charge in [0.25, 0.3) is 5.91 Å². The number of hydrogen-bond donors (Lipinski definition) is 1. The average Bonchev–Trinajstić information content (AvgIpc) is 2.68. The number of rotatable bonds is 4. The number of halogens is 1. The molecule has 0 saturated heterocycles. The van der Waals surface area contributed by atoms with Gasteiger partial charge in [0.2, 0.25) is 0 Å². The maximum atomic E-state index is 13.6. The van der Waals surface area contributed by atoms with Crippen LogP contribution in [0.5, 0.6) is 0 Å². The van der Waals surface area contributed by atoms with Crippen molar-refractivity contribution in [1.29, 1.82) is 0 Å². The molecule has 0 bridgehead atoms. The smallest absolute Gasteiger partial charge is 0.337 e. The number of carbonyl (C=O) groups excluding carboxylic acids is 2. The lowest BCUT2D eigenvalue weighted by Gasteiger charge is -2.10. The number of benzene rings is 2. The Hall–Kier alpha value is -3.54. The molecule has 3 aromatic rings. The van der Waals surface area contributed by atoms with E-state index in [-0.39, 0.29) is 5.56 Å². The molecule has 0 aliphatic rings. The highest BCUT2D eigenvalue weighted by atomic mass is 19.1. The quantitative estimate of drug-likeness (QED) is 0.703. The van der Waals surface area contributed by atoms with Gasteiger partial charge in [-0.1, -0.05) is 18.2 Å². The van der Waals surface area contributed by atoms with Gasteiger partial charge in [-0.15, -0.1) is 0 Å². The zero-order chi connectivity index (χ0) is 19.4. The largest absolute Gasteiger partial charge is 0.465 e. The van der Waals surface area contributed by atoms with Crippen LogP contribution in [0.1, 0.15) is 26.3 Å². The predicted octanol–water partition coefficient (Wildman–Crippen LogP) is 4.24. The summed E-state index contributed by atoms with van der Waals surface area (Å²) in [6, 6.07) is 13.7. The minimum atomic E-state index is -0.679. The molecular weight excluding hydrogens is 347 g/mol. The molecule has 27 heavy (non-hydrogen) atoms. The Bertz CT molecular complexity index is 1000. The molecule has 0 radical (unpaired) electrons. The molecule has 6 heteroatoms. The first-order valence-electron chi connectivity index (χ1n) is 8.20. The maximum Gasteiger partial charge on any atom is 0.337 e. The van der Waals surface area contributed by atoms with Crippen molar-refractivity contribution in [3.63, 3.8) is 0 Å². The van der Waals surface area contributed by atoms with Gasteiger partial charge in [-0.05, 0) is 53.9 Å². The number of nitrogens with zero attached hydrogens (tertiary/aromatic N) is 1. The number of aromatic nitrogens is 1. The summed E-state index contributed by atoms with van der Waals surface area (Å²) in [6.07, 6.45) is 2.35. The molecular formula is C21H17FN2O3. The van der Waals surface area contributed by atoms with Crippen LogP contribution in [0, 0.1) is 12.7 Å². The Balaban J connectivity index is 1.83. The molecule has 0 aliphatic carbocycles. The van der Waals surface area contributed by atoms with Crippen LogP contribution in [0.15, 0.2) is 60.9 Å². The number of ether oxygens (including phenoxy) is 1. The van der Waals surface area contributed by atoms with Crippen LogP contribution in [-0.2, 0) is 4.74 Å². The molecule has 0 saturated carbocycles. The first kappa shape index (κ1) is 18.3. The standard InChI is InChI=1S/C21H17FN2O3/c1-13-3-4-15(21(26)27-2)11-18(13)14-5-7-16(8-6-14)24-20(25)17-9-10-23-12-19(17)22/h3-12H,1-2H3,(H,24,25). The molecule has 3 rings (SSSR count). The SMILES string of the molecule is COC(=O)c1ccc(C)c(-c2ccc(NC(=O)c3ccncc3F)cc2)c1. The summed E-state index contributed by atoms with van der Waals surface area (Å²) in [7, 11) is 1.34. The van der Waals surface area contributed by atoms with Gasteiger partial charge < -0.3 is 10.1 Å². The Morgan fingerprint density at radius 1 is 1.07 bits per heavy atom. The van der Waals surface area contributed by atoms with Gasteiger partial charge in [-0.2, -0.15) is 0 Å². The second-order valence-corrected chi connectivity index (χ2v) is 5.91. The monoisotopic (exact) mass is 364 g/mol. The summed E-state index contributed by atoms with van der Waals surface area (Å²) in [6.45, 7) is 1.94. The minimum Gasteiger partial charge on any atom is -0.465 e. The lowest BCUT2D eigenvalue weighted by Crippen LogP contribution is -2.13. The number of nitrogens with one attached hydrogen (secondary N) is 1. The molecule has 0 fully saturated rings. The van der Waals surface area contributed by atoms with Crippen LogP contribution in [0.3, 0.4) is 0 Å². The highest BCUT2D eigenvalue weighted by Crippen LogP contribution is 2.26. The Kier molecular flexibility index (Phi) is 5.26. The van der Waals surface area contributed by atoms with Crippen LogP contribution in [0.4, 0.5) is 10.1 Å². The van der Waals surface area contributed by atoms with E-state index >= 15 is 0 Å². The number of esters is 1. The normalized spacial score (nSPS) is 10.3. The fourth-order valence-electron chi connectivity index (χ4n) is 2.67. The van der Waals surface area contributed by atoms with Gasteiger partial charge in [0.15, 0.2) is 5.82 Å². The zero-order valence-corrected chi connectivity index (χ0v) is 14.8. The van der Waals surface area contributed by atoms with E-state index in [0.717, 1.165) is 22.9 Å². The Labute approximate surface area is 155 Å². The molecule has 1 N–H and O–H groups in total. The molecule has 136 valence electrons. The second-order valence-electron chi connectivity index (χ2n) is 5.91. The topological polar surface area (TPSA) is 68.3 Å². The maximum absolute atomic E-state index is 13.6. The summed E-state index contributed by atoms with van der Waals surface area (Å²) in [5, 5.41) is 2.65. The minimum absolute atomic E-state index is 0.0734. The second kappa shape index (κ2) is 7.78. The number of anilines is 1. The Morgan fingerprint density at radius 2 is 1.81 bits per heavy atom. The number of hydrogen-bond acceptors (Lipinski definition) is 4. The van der Waals surface area contributed by atoms with Crippen LogP contribution >= 0.6 is 0 Å². The van der Waals surface area contributed by atoms with Crippen molar-refractivity contribution < 1.29 is 18.7 Å². The first-order chi connectivity index (χ1) is 13.0. The van der Waals surface area contributed by atoms with Gasteiger partial charge in [-0.25, -0.2) is 9.18 Å². The molecule has 0 unspecified atom stereocenters. The van der Waals surface area contributed by atoms with Gasteiger partial charge in [0, 0.05) is 11.9 Å². The van der Waals surface area contributed by atoms with E-state index < -0.39 is 17.7 Å². The first-order valence-corrected chi connectivity index (χ1v) is 8.20. The summed E-state index contributed by atoms with van der Waals surface area (Å²) in [5.41, 5.74) is 3.68. The van der Waals surface area contributed by atoms with Crippen molar-refractivity contribution >= 4 is 17.6 Å². The number of methoxy groups -OCH3 is 1. The summed E-state index contributed by atoms with van der Waals surface area (Å²) in [5.74, 6) is -1.63. The molecule has 1 heterocycles. The summed E-state index contributed by atoms with van der Waals surface area (Å²) in [4.78, 5) is 27.5. The van der Waals surface area contributed by atoms with Gasteiger partial charge in [-0.3, -0.25) is 9.78 Å². The number of pyridine rings is 1. The third kappa shape index (κ3) is 4.00. The van der Waals surface area contributed by atoms with E-state index in [1.54, 1.807) is 24.3 Å². The summed E-state index contributed by atoms with van der Waals surface area (Å²) < 4.78 is 18.4. The number of aryl methyl sites for hydroxylation is 1. The number of carbonyl (C=O) groups is 2. The molecule has 0 spiro atoms.